The third kappa shape index (κ3) is 2.07. The van der Waals surface area contributed by atoms with E-state index in [1.807, 2.05) is 19.1 Å². The van der Waals surface area contributed by atoms with E-state index in [1.54, 1.807) is 6.07 Å². The minimum atomic E-state index is 0.592. The number of nitrogens with zero attached hydrogens (tertiary/aromatic N) is 3. The van der Waals surface area contributed by atoms with E-state index in [-0.39, 0.29) is 0 Å². The first-order valence-electron chi connectivity index (χ1n) is 4.28. The Morgan fingerprint density at radius 1 is 1.29 bits per heavy atom. The van der Waals surface area contributed by atoms with E-state index in [4.69, 9.17) is 4.52 Å². The monoisotopic (exact) mass is 190 g/mol. The predicted octanol–water partition coefficient (Wildman–Crippen LogP) is 1.39. The largest absolute Gasteiger partial charge is 0.364 e. The number of aromatic nitrogens is 3. The molecule has 0 fully saturated rings. The van der Waals surface area contributed by atoms with Crippen LogP contribution in [0.5, 0.6) is 0 Å². The van der Waals surface area contributed by atoms with Gasteiger partial charge >= 0.3 is 0 Å². The summed E-state index contributed by atoms with van der Waals surface area (Å²) < 4.78 is 4.70. The fourth-order valence-electron chi connectivity index (χ4n) is 1.00. The Labute approximate surface area is 81.1 Å². The van der Waals surface area contributed by atoms with Crippen LogP contribution in [0, 0.1) is 6.92 Å². The highest BCUT2D eigenvalue weighted by molar-refractivity contribution is 5.33. The van der Waals surface area contributed by atoms with Crippen LogP contribution >= 0.6 is 0 Å². The van der Waals surface area contributed by atoms with Crippen LogP contribution in [0.2, 0.25) is 0 Å². The van der Waals surface area contributed by atoms with Gasteiger partial charge in [0, 0.05) is 6.07 Å². The van der Waals surface area contributed by atoms with Crippen LogP contribution in [0.15, 0.2) is 29.0 Å². The fourth-order valence-corrected chi connectivity index (χ4v) is 1.00. The van der Waals surface area contributed by atoms with Gasteiger partial charge in [-0.1, -0.05) is 5.16 Å². The van der Waals surface area contributed by atoms with Crippen LogP contribution in [0.1, 0.15) is 11.4 Å². The van der Waals surface area contributed by atoms with E-state index >= 15 is 0 Å². The Morgan fingerprint density at radius 3 is 2.86 bits per heavy atom. The molecule has 1 N–H and O–H groups in total. The highest BCUT2D eigenvalue weighted by Crippen LogP contribution is 2.03. The maximum atomic E-state index is 4.70. The van der Waals surface area contributed by atoms with Crippen molar-refractivity contribution in [3.8, 4) is 0 Å². The predicted molar refractivity (Wildman–Crippen MR) is 50.6 cm³/mol. The van der Waals surface area contributed by atoms with Crippen molar-refractivity contribution in [3.05, 3.63) is 35.9 Å². The summed E-state index contributed by atoms with van der Waals surface area (Å²) in [4.78, 5) is 0. The van der Waals surface area contributed by atoms with Crippen molar-refractivity contribution in [2.45, 2.75) is 13.5 Å². The average molecular weight is 190 g/mol. The second-order valence-electron chi connectivity index (χ2n) is 2.90. The zero-order valence-corrected chi connectivity index (χ0v) is 7.77. The molecule has 5 nitrogen and oxygen atoms in total. The van der Waals surface area contributed by atoms with Gasteiger partial charge in [-0.2, -0.15) is 5.10 Å². The topological polar surface area (TPSA) is 63.8 Å². The van der Waals surface area contributed by atoms with Gasteiger partial charge in [0.1, 0.15) is 17.8 Å². The molecule has 0 saturated heterocycles. The summed E-state index contributed by atoms with van der Waals surface area (Å²) in [5, 5.41) is 14.7. The molecule has 72 valence electrons. The molecule has 0 aliphatic carbocycles. The zero-order valence-electron chi connectivity index (χ0n) is 7.77. The molecule has 0 spiro atoms. The molecule has 2 aromatic rings. The molecular formula is C9H10N4O. The Bertz CT molecular complexity index is 382. The van der Waals surface area contributed by atoms with Crippen LogP contribution in [-0.2, 0) is 6.54 Å². The highest BCUT2D eigenvalue weighted by atomic mass is 16.5. The number of rotatable bonds is 3. The first-order valence-corrected chi connectivity index (χ1v) is 4.28. The molecule has 0 aliphatic rings. The van der Waals surface area contributed by atoms with Crippen LogP contribution in [0.25, 0.3) is 0 Å². The summed E-state index contributed by atoms with van der Waals surface area (Å²) in [6.45, 7) is 2.49. The Kier molecular flexibility index (Phi) is 2.40. The summed E-state index contributed by atoms with van der Waals surface area (Å²) in [7, 11) is 0. The van der Waals surface area contributed by atoms with Gasteiger partial charge in [0.05, 0.1) is 12.2 Å². The maximum Gasteiger partial charge on any atom is 0.148 e. The summed E-state index contributed by atoms with van der Waals surface area (Å²) in [5.41, 5.74) is 1.74. The van der Waals surface area contributed by atoms with E-state index in [0.29, 0.717) is 6.54 Å². The molecule has 0 amide bonds. The average Bonchev–Trinajstić information content (AvgIpc) is 2.70. The van der Waals surface area contributed by atoms with Crippen molar-refractivity contribution in [3.63, 3.8) is 0 Å². The number of aryl methyl sites for hydroxylation is 1. The van der Waals surface area contributed by atoms with Crippen molar-refractivity contribution in [1.29, 1.82) is 0 Å². The lowest BCUT2D eigenvalue weighted by atomic mass is 10.4. The van der Waals surface area contributed by atoms with Gasteiger partial charge in [0.2, 0.25) is 0 Å². The molecule has 0 bridgehead atoms. The SMILES string of the molecule is Cc1ccc(NCc2ccon2)nn1. The van der Waals surface area contributed by atoms with Gasteiger partial charge in [-0.3, -0.25) is 0 Å². The van der Waals surface area contributed by atoms with Gasteiger partial charge in [-0.25, -0.2) is 0 Å². The standard InChI is InChI=1S/C9H10N4O/c1-7-2-3-9(12-11-7)10-6-8-4-5-14-13-8/h2-5H,6H2,1H3,(H,10,12). The van der Waals surface area contributed by atoms with Crippen molar-refractivity contribution < 1.29 is 4.52 Å². The third-order valence-electron chi connectivity index (χ3n) is 1.74. The van der Waals surface area contributed by atoms with Crippen molar-refractivity contribution in [2.75, 3.05) is 5.32 Å². The Morgan fingerprint density at radius 2 is 2.21 bits per heavy atom. The molecule has 0 unspecified atom stereocenters. The Balaban J connectivity index is 1.95. The summed E-state index contributed by atoms with van der Waals surface area (Å²) in [5.74, 6) is 0.735. The highest BCUT2D eigenvalue weighted by Gasteiger charge is 1.97. The molecule has 0 saturated carbocycles. The van der Waals surface area contributed by atoms with Gasteiger partial charge < -0.3 is 9.84 Å². The lowest BCUT2D eigenvalue weighted by Crippen LogP contribution is -2.02. The number of anilines is 1. The summed E-state index contributed by atoms with van der Waals surface area (Å²) >= 11 is 0. The van der Waals surface area contributed by atoms with Crippen molar-refractivity contribution in [1.82, 2.24) is 15.4 Å². The van der Waals surface area contributed by atoms with E-state index < -0.39 is 0 Å². The van der Waals surface area contributed by atoms with Crippen molar-refractivity contribution in [2.24, 2.45) is 0 Å². The molecule has 0 atom stereocenters. The molecule has 0 radical (unpaired) electrons. The molecule has 2 rings (SSSR count). The van der Waals surface area contributed by atoms with Crippen LogP contribution in [-0.4, -0.2) is 15.4 Å². The second-order valence-corrected chi connectivity index (χ2v) is 2.90. The fraction of sp³-hybridized carbons (Fsp3) is 0.222. The minimum Gasteiger partial charge on any atom is -0.364 e. The Hall–Kier alpha value is -1.91. The lowest BCUT2D eigenvalue weighted by molar-refractivity contribution is 0.412. The lowest BCUT2D eigenvalue weighted by Gasteiger charge is -2.01. The first-order chi connectivity index (χ1) is 6.84. The minimum absolute atomic E-state index is 0.592. The number of nitrogens with one attached hydrogen (secondary N) is 1. The van der Waals surface area contributed by atoms with E-state index in [9.17, 15) is 0 Å². The van der Waals surface area contributed by atoms with Crippen LogP contribution < -0.4 is 5.32 Å². The van der Waals surface area contributed by atoms with Crippen LogP contribution in [0.3, 0.4) is 0 Å². The molecular weight excluding hydrogens is 180 g/mol. The number of hydrogen-bond donors (Lipinski definition) is 1. The zero-order chi connectivity index (χ0) is 9.80. The van der Waals surface area contributed by atoms with Gasteiger partial charge in [-0.05, 0) is 19.1 Å². The molecule has 2 aromatic heterocycles. The molecule has 14 heavy (non-hydrogen) atoms. The number of hydrogen-bond acceptors (Lipinski definition) is 5. The summed E-state index contributed by atoms with van der Waals surface area (Å²) in [6.07, 6.45) is 1.54. The van der Waals surface area contributed by atoms with E-state index in [0.717, 1.165) is 17.2 Å². The normalized spacial score (nSPS) is 10.1. The van der Waals surface area contributed by atoms with Gasteiger partial charge in [0.15, 0.2) is 0 Å². The molecule has 2 heterocycles. The second kappa shape index (κ2) is 3.87. The van der Waals surface area contributed by atoms with E-state index in [1.165, 1.54) is 6.26 Å². The molecule has 5 heteroatoms. The first kappa shape index (κ1) is 8.68. The maximum absolute atomic E-state index is 4.70. The third-order valence-corrected chi connectivity index (χ3v) is 1.74. The van der Waals surface area contributed by atoms with Gasteiger partial charge in [0.25, 0.3) is 0 Å². The summed E-state index contributed by atoms with van der Waals surface area (Å²) in [6, 6.07) is 5.58. The van der Waals surface area contributed by atoms with Crippen molar-refractivity contribution >= 4 is 5.82 Å². The molecule has 0 aromatic carbocycles. The molecule has 0 aliphatic heterocycles. The quantitative estimate of drug-likeness (QED) is 0.792. The smallest absolute Gasteiger partial charge is 0.148 e. The van der Waals surface area contributed by atoms with E-state index in [2.05, 4.69) is 20.7 Å². The van der Waals surface area contributed by atoms with Gasteiger partial charge in [-0.15, -0.1) is 5.10 Å². The van der Waals surface area contributed by atoms with Crippen LogP contribution in [0.4, 0.5) is 5.82 Å².